The third-order valence-electron chi connectivity index (χ3n) is 2.27. The molecular formula is C10H18N2S. The molecule has 2 nitrogen and oxygen atoms in total. The average Bonchev–Trinajstić information content (AvgIpc) is 2.57. The molecule has 0 bridgehead atoms. The summed E-state index contributed by atoms with van der Waals surface area (Å²) in [5.74, 6) is 0.706. The Hall–Kier alpha value is -0.410. The van der Waals surface area contributed by atoms with Gasteiger partial charge in [-0.2, -0.15) is 0 Å². The smallest absolute Gasteiger partial charge is 0.0794 e. The highest BCUT2D eigenvalue weighted by Gasteiger charge is 2.09. The Labute approximate surface area is 84.4 Å². The van der Waals surface area contributed by atoms with Gasteiger partial charge in [0.05, 0.1) is 5.51 Å². The van der Waals surface area contributed by atoms with Gasteiger partial charge >= 0.3 is 0 Å². The molecule has 0 aliphatic carbocycles. The SMILES string of the molecule is CCC(NCc1cncs1)C(C)C. The Kier molecular flexibility index (Phi) is 4.39. The van der Waals surface area contributed by atoms with Crippen molar-refractivity contribution in [3.05, 3.63) is 16.6 Å². The number of nitrogens with zero attached hydrogens (tertiary/aromatic N) is 1. The molecule has 0 saturated carbocycles. The molecule has 13 heavy (non-hydrogen) atoms. The quantitative estimate of drug-likeness (QED) is 0.787. The second-order valence-corrected chi connectivity index (χ2v) is 4.58. The van der Waals surface area contributed by atoms with E-state index in [4.69, 9.17) is 0 Å². The molecule has 1 unspecified atom stereocenters. The van der Waals surface area contributed by atoms with Crippen molar-refractivity contribution in [3.63, 3.8) is 0 Å². The summed E-state index contributed by atoms with van der Waals surface area (Å²) in [6.45, 7) is 7.70. The van der Waals surface area contributed by atoms with Gasteiger partial charge in [-0.05, 0) is 12.3 Å². The first-order valence-electron chi connectivity index (χ1n) is 4.84. The maximum absolute atomic E-state index is 4.05. The summed E-state index contributed by atoms with van der Waals surface area (Å²) in [6.07, 6.45) is 3.13. The molecule has 0 amide bonds. The van der Waals surface area contributed by atoms with Crippen molar-refractivity contribution in [3.8, 4) is 0 Å². The number of hydrogen-bond donors (Lipinski definition) is 1. The summed E-state index contributed by atoms with van der Waals surface area (Å²) in [4.78, 5) is 5.37. The molecule has 0 aromatic carbocycles. The lowest BCUT2D eigenvalue weighted by atomic mass is 10.0. The lowest BCUT2D eigenvalue weighted by Gasteiger charge is -2.19. The van der Waals surface area contributed by atoms with Crippen molar-refractivity contribution < 1.29 is 0 Å². The summed E-state index contributed by atoms with van der Waals surface area (Å²) in [7, 11) is 0. The fraction of sp³-hybridized carbons (Fsp3) is 0.700. The van der Waals surface area contributed by atoms with Crippen LogP contribution in [0.4, 0.5) is 0 Å². The van der Waals surface area contributed by atoms with Crippen molar-refractivity contribution in [1.82, 2.24) is 10.3 Å². The second kappa shape index (κ2) is 5.35. The van der Waals surface area contributed by atoms with Crippen LogP contribution in [0.3, 0.4) is 0 Å². The molecule has 74 valence electrons. The minimum absolute atomic E-state index is 0.627. The third kappa shape index (κ3) is 3.44. The largest absolute Gasteiger partial charge is 0.309 e. The van der Waals surface area contributed by atoms with Crippen molar-refractivity contribution in [1.29, 1.82) is 0 Å². The van der Waals surface area contributed by atoms with E-state index in [1.165, 1.54) is 11.3 Å². The zero-order valence-corrected chi connectivity index (χ0v) is 9.40. The predicted octanol–water partition coefficient (Wildman–Crippen LogP) is 2.67. The van der Waals surface area contributed by atoms with E-state index >= 15 is 0 Å². The van der Waals surface area contributed by atoms with E-state index in [1.807, 2.05) is 11.7 Å². The normalized spacial score (nSPS) is 13.5. The van der Waals surface area contributed by atoms with Gasteiger partial charge in [0.1, 0.15) is 0 Å². The molecule has 1 atom stereocenters. The van der Waals surface area contributed by atoms with E-state index in [1.54, 1.807) is 11.3 Å². The van der Waals surface area contributed by atoms with E-state index < -0.39 is 0 Å². The van der Waals surface area contributed by atoms with Crippen LogP contribution < -0.4 is 5.32 Å². The number of rotatable bonds is 5. The lowest BCUT2D eigenvalue weighted by molar-refractivity contribution is 0.388. The molecule has 0 saturated heterocycles. The number of hydrogen-bond acceptors (Lipinski definition) is 3. The highest BCUT2D eigenvalue weighted by atomic mass is 32.1. The molecule has 0 aliphatic rings. The lowest BCUT2D eigenvalue weighted by Crippen LogP contribution is -2.32. The van der Waals surface area contributed by atoms with Crippen molar-refractivity contribution >= 4 is 11.3 Å². The Morgan fingerprint density at radius 3 is 2.77 bits per heavy atom. The summed E-state index contributed by atoms with van der Waals surface area (Å²) in [5.41, 5.74) is 1.88. The molecule has 1 aromatic heterocycles. The zero-order chi connectivity index (χ0) is 9.68. The molecule has 0 aliphatic heterocycles. The van der Waals surface area contributed by atoms with Crippen LogP contribution in [0.2, 0.25) is 0 Å². The predicted molar refractivity (Wildman–Crippen MR) is 57.9 cm³/mol. The van der Waals surface area contributed by atoms with Gasteiger partial charge in [0.2, 0.25) is 0 Å². The van der Waals surface area contributed by atoms with Crippen LogP contribution in [-0.2, 0) is 6.54 Å². The van der Waals surface area contributed by atoms with Crippen molar-refractivity contribution in [2.75, 3.05) is 0 Å². The summed E-state index contributed by atoms with van der Waals surface area (Å²) >= 11 is 1.71. The molecule has 1 rings (SSSR count). The first-order chi connectivity index (χ1) is 6.24. The van der Waals surface area contributed by atoms with E-state index in [2.05, 4.69) is 31.1 Å². The minimum atomic E-state index is 0.627. The molecule has 1 N–H and O–H groups in total. The van der Waals surface area contributed by atoms with Gasteiger partial charge in [0.15, 0.2) is 0 Å². The second-order valence-electron chi connectivity index (χ2n) is 3.61. The van der Waals surface area contributed by atoms with Gasteiger partial charge in [-0.15, -0.1) is 11.3 Å². The topological polar surface area (TPSA) is 24.9 Å². The van der Waals surface area contributed by atoms with Gasteiger partial charge in [0.25, 0.3) is 0 Å². The standard InChI is InChI=1S/C10H18N2S/c1-4-10(8(2)3)12-6-9-5-11-7-13-9/h5,7-8,10,12H,4,6H2,1-3H3. The summed E-state index contributed by atoms with van der Waals surface area (Å²) in [6, 6.07) is 0.627. The molecule has 3 heteroatoms. The Bertz CT molecular complexity index is 219. The van der Waals surface area contributed by atoms with Crippen LogP contribution in [0, 0.1) is 5.92 Å². The van der Waals surface area contributed by atoms with Crippen LogP contribution in [0.5, 0.6) is 0 Å². The van der Waals surface area contributed by atoms with Gasteiger partial charge in [-0.1, -0.05) is 20.8 Å². The highest BCUT2D eigenvalue weighted by molar-refractivity contribution is 7.09. The van der Waals surface area contributed by atoms with E-state index in [0.29, 0.717) is 12.0 Å². The fourth-order valence-corrected chi connectivity index (χ4v) is 1.96. The molecule has 1 aromatic rings. The van der Waals surface area contributed by atoms with Gasteiger partial charge in [-0.25, -0.2) is 0 Å². The highest BCUT2D eigenvalue weighted by Crippen LogP contribution is 2.09. The first kappa shape index (κ1) is 10.7. The minimum Gasteiger partial charge on any atom is -0.309 e. The Morgan fingerprint density at radius 1 is 1.54 bits per heavy atom. The Balaban J connectivity index is 2.32. The van der Waals surface area contributed by atoms with Crippen LogP contribution in [-0.4, -0.2) is 11.0 Å². The van der Waals surface area contributed by atoms with E-state index in [9.17, 15) is 0 Å². The summed E-state index contributed by atoms with van der Waals surface area (Å²) < 4.78 is 0. The van der Waals surface area contributed by atoms with E-state index in [0.717, 1.165) is 6.54 Å². The maximum Gasteiger partial charge on any atom is 0.0794 e. The number of thiazole rings is 1. The average molecular weight is 198 g/mol. The van der Waals surface area contributed by atoms with Crippen molar-refractivity contribution in [2.45, 2.75) is 39.8 Å². The van der Waals surface area contributed by atoms with Gasteiger partial charge in [0, 0.05) is 23.7 Å². The molecule has 1 heterocycles. The summed E-state index contributed by atoms with van der Waals surface area (Å²) in [5, 5.41) is 3.54. The first-order valence-corrected chi connectivity index (χ1v) is 5.72. The maximum atomic E-state index is 4.05. The van der Waals surface area contributed by atoms with Crippen LogP contribution in [0.25, 0.3) is 0 Å². The Morgan fingerprint density at radius 2 is 2.31 bits per heavy atom. The molecule has 0 spiro atoms. The molecular weight excluding hydrogens is 180 g/mol. The molecule has 0 fully saturated rings. The monoisotopic (exact) mass is 198 g/mol. The van der Waals surface area contributed by atoms with Gasteiger partial charge < -0.3 is 5.32 Å². The van der Waals surface area contributed by atoms with Crippen LogP contribution >= 0.6 is 11.3 Å². The van der Waals surface area contributed by atoms with Crippen LogP contribution in [0.15, 0.2) is 11.7 Å². The fourth-order valence-electron chi connectivity index (χ4n) is 1.41. The number of nitrogens with one attached hydrogen (secondary N) is 1. The van der Waals surface area contributed by atoms with E-state index in [-0.39, 0.29) is 0 Å². The molecule has 0 radical (unpaired) electrons. The zero-order valence-electron chi connectivity index (χ0n) is 8.58. The third-order valence-corrected chi connectivity index (χ3v) is 3.05. The number of aromatic nitrogens is 1. The van der Waals surface area contributed by atoms with Gasteiger partial charge in [-0.3, -0.25) is 4.98 Å². The van der Waals surface area contributed by atoms with Crippen LogP contribution in [0.1, 0.15) is 32.1 Å². The van der Waals surface area contributed by atoms with Crippen molar-refractivity contribution in [2.24, 2.45) is 5.92 Å².